The third-order valence-electron chi connectivity index (χ3n) is 6.59. The second-order valence-corrected chi connectivity index (χ2v) is 11.0. The molecule has 11 nitrogen and oxygen atoms in total. The molecular weight excluding hydrogens is 564 g/mol. The number of piperidine rings is 1. The molecule has 6 N–H and O–H groups in total. The number of rotatable bonds is 12. The van der Waals surface area contributed by atoms with Gasteiger partial charge in [-0.25, -0.2) is 4.79 Å². The van der Waals surface area contributed by atoms with E-state index in [0.717, 1.165) is 24.0 Å². The molecular formula is C33H52N4O7. The van der Waals surface area contributed by atoms with Crippen molar-refractivity contribution < 1.29 is 33.4 Å². The molecule has 0 bridgehead atoms. The standard InChI is InChI=1S/C30H42N2O5.2CH3NO.CH4/c1-29(2,3)36-21-11-10-16-26(31)27(33)32-19-17-30(18-20-32,37-23-25-14-8-5-9-15-25)28(34)35-22-24-12-6-4-7-13-24;2*2-1-3;/h4-9,12-15,26H,10-11,16-23,31H2,1-3H3;2*1H,(H2,2,3);1H4. The summed E-state index contributed by atoms with van der Waals surface area (Å²) < 4.78 is 17.7. The molecule has 0 radical (unpaired) electrons. The second-order valence-electron chi connectivity index (χ2n) is 11.0. The van der Waals surface area contributed by atoms with Crippen molar-refractivity contribution in [3.05, 3.63) is 71.8 Å². The molecule has 1 aliphatic heterocycles. The van der Waals surface area contributed by atoms with Crippen LogP contribution in [0.2, 0.25) is 0 Å². The molecule has 0 spiro atoms. The first-order valence-corrected chi connectivity index (χ1v) is 14.4. The lowest BCUT2D eigenvalue weighted by atomic mass is 9.90. The molecule has 11 heteroatoms. The van der Waals surface area contributed by atoms with Crippen molar-refractivity contribution in [2.75, 3.05) is 19.7 Å². The smallest absolute Gasteiger partial charge is 0.338 e. The number of nitrogens with zero attached hydrogens (tertiary/aromatic N) is 1. The maximum Gasteiger partial charge on any atom is 0.338 e. The highest BCUT2D eigenvalue weighted by atomic mass is 16.6. The average molecular weight is 617 g/mol. The van der Waals surface area contributed by atoms with Crippen LogP contribution in [0.25, 0.3) is 0 Å². The maximum atomic E-state index is 13.3. The highest BCUT2D eigenvalue weighted by Gasteiger charge is 2.45. The van der Waals surface area contributed by atoms with Gasteiger partial charge < -0.3 is 36.3 Å². The number of primary amides is 2. The predicted octanol–water partition coefficient (Wildman–Crippen LogP) is 3.46. The van der Waals surface area contributed by atoms with E-state index in [4.69, 9.17) is 29.5 Å². The van der Waals surface area contributed by atoms with Crippen LogP contribution in [-0.2, 0) is 46.6 Å². The minimum atomic E-state index is -1.10. The van der Waals surface area contributed by atoms with E-state index in [-0.39, 0.29) is 44.3 Å². The van der Waals surface area contributed by atoms with Crippen LogP contribution >= 0.6 is 0 Å². The van der Waals surface area contributed by atoms with Gasteiger partial charge in [-0.15, -0.1) is 0 Å². The Bertz CT molecular complexity index is 1060. The fourth-order valence-corrected chi connectivity index (χ4v) is 4.35. The predicted molar refractivity (Wildman–Crippen MR) is 171 cm³/mol. The number of amides is 3. The Morgan fingerprint density at radius 1 is 0.886 bits per heavy atom. The molecule has 0 aromatic heterocycles. The Morgan fingerprint density at radius 3 is 1.84 bits per heavy atom. The highest BCUT2D eigenvalue weighted by molar-refractivity contribution is 5.83. The Kier molecular flexibility index (Phi) is 19.9. The summed E-state index contributed by atoms with van der Waals surface area (Å²) >= 11 is 0. The number of hydrogen-bond acceptors (Lipinski definition) is 8. The summed E-state index contributed by atoms with van der Waals surface area (Å²) in [6.07, 6.45) is 3.53. The molecule has 1 heterocycles. The van der Waals surface area contributed by atoms with Crippen molar-refractivity contribution in [1.29, 1.82) is 0 Å². The van der Waals surface area contributed by atoms with Crippen LogP contribution in [0.1, 0.15) is 71.4 Å². The number of carbonyl (C=O) groups excluding carboxylic acids is 4. The minimum absolute atomic E-state index is 0. The third-order valence-corrected chi connectivity index (χ3v) is 6.59. The first-order chi connectivity index (χ1) is 20.5. The van der Waals surface area contributed by atoms with Crippen molar-refractivity contribution in [3.63, 3.8) is 0 Å². The van der Waals surface area contributed by atoms with Crippen molar-refractivity contribution in [2.24, 2.45) is 17.2 Å². The van der Waals surface area contributed by atoms with Crippen molar-refractivity contribution in [2.45, 2.75) is 90.8 Å². The summed E-state index contributed by atoms with van der Waals surface area (Å²) in [6, 6.07) is 18.8. The van der Waals surface area contributed by atoms with Gasteiger partial charge in [-0.3, -0.25) is 14.4 Å². The second kappa shape index (κ2) is 21.8. The van der Waals surface area contributed by atoms with Gasteiger partial charge in [0.25, 0.3) is 0 Å². The first-order valence-electron chi connectivity index (χ1n) is 14.4. The Labute approximate surface area is 262 Å². The first kappa shape index (κ1) is 40.2. The molecule has 3 amide bonds. The molecule has 1 atom stereocenters. The van der Waals surface area contributed by atoms with E-state index >= 15 is 0 Å². The molecule has 1 saturated heterocycles. The van der Waals surface area contributed by atoms with Gasteiger partial charge >= 0.3 is 5.97 Å². The van der Waals surface area contributed by atoms with Gasteiger partial charge in [-0.1, -0.05) is 68.1 Å². The molecule has 0 saturated carbocycles. The third kappa shape index (κ3) is 15.6. The fraction of sp³-hybridized carbons (Fsp3) is 0.515. The number of hydrogen-bond donors (Lipinski definition) is 3. The van der Waals surface area contributed by atoms with Crippen LogP contribution in [0.4, 0.5) is 0 Å². The molecule has 3 rings (SSSR count). The Hall–Kier alpha value is -3.80. The van der Waals surface area contributed by atoms with Gasteiger partial charge in [-0.2, -0.15) is 0 Å². The van der Waals surface area contributed by atoms with E-state index in [1.165, 1.54) is 0 Å². The van der Waals surface area contributed by atoms with E-state index in [2.05, 4.69) is 11.5 Å². The zero-order valence-corrected chi connectivity index (χ0v) is 25.6. The summed E-state index contributed by atoms with van der Waals surface area (Å²) in [5, 5.41) is 0. The number of benzene rings is 2. The number of esters is 1. The molecule has 1 aliphatic rings. The number of carbonyl (C=O) groups is 4. The summed E-state index contributed by atoms with van der Waals surface area (Å²) in [7, 11) is 0. The van der Waals surface area contributed by atoms with Gasteiger partial charge in [0, 0.05) is 32.5 Å². The average Bonchev–Trinajstić information content (AvgIpc) is 3.00. The topological polar surface area (TPSA) is 177 Å². The molecule has 44 heavy (non-hydrogen) atoms. The van der Waals surface area contributed by atoms with Gasteiger partial charge in [0.15, 0.2) is 5.60 Å². The van der Waals surface area contributed by atoms with Crippen molar-refractivity contribution in [1.82, 2.24) is 4.90 Å². The quantitative estimate of drug-likeness (QED) is 0.184. The van der Waals surface area contributed by atoms with E-state index < -0.39 is 11.6 Å². The van der Waals surface area contributed by atoms with Crippen LogP contribution in [0.15, 0.2) is 60.7 Å². The van der Waals surface area contributed by atoms with Crippen molar-refractivity contribution >= 4 is 24.7 Å². The lowest BCUT2D eigenvalue weighted by Crippen LogP contribution is -2.55. The van der Waals surface area contributed by atoms with E-state index in [1.807, 2.05) is 81.4 Å². The molecule has 1 fully saturated rings. The summed E-state index contributed by atoms with van der Waals surface area (Å²) in [6.45, 7) is 8.01. The van der Waals surface area contributed by atoms with Gasteiger partial charge in [0.05, 0.1) is 18.2 Å². The highest BCUT2D eigenvalue weighted by Crippen LogP contribution is 2.30. The van der Waals surface area contributed by atoms with Gasteiger partial charge in [0.1, 0.15) is 6.61 Å². The minimum Gasteiger partial charge on any atom is -0.459 e. The zero-order chi connectivity index (χ0) is 32.1. The van der Waals surface area contributed by atoms with Crippen LogP contribution in [0.3, 0.4) is 0 Å². The van der Waals surface area contributed by atoms with E-state index in [1.54, 1.807) is 4.90 Å². The van der Waals surface area contributed by atoms with E-state index in [9.17, 15) is 9.59 Å². The summed E-state index contributed by atoms with van der Waals surface area (Å²) in [5.41, 5.74) is 15.2. The SMILES string of the molecule is C.CC(C)(C)OCCCCC(N)C(=O)N1CCC(OCc2ccccc2)(C(=O)OCc2ccccc2)CC1.NC=O.NC=O. The van der Waals surface area contributed by atoms with Crippen LogP contribution in [0.5, 0.6) is 0 Å². The maximum absolute atomic E-state index is 13.3. The summed E-state index contributed by atoms with van der Waals surface area (Å²) in [5.74, 6) is -0.464. The Morgan fingerprint density at radius 2 is 1.36 bits per heavy atom. The monoisotopic (exact) mass is 616 g/mol. The van der Waals surface area contributed by atoms with Crippen LogP contribution in [-0.4, -0.2) is 66.5 Å². The summed E-state index contributed by atoms with van der Waals surface area (Å²) in [4.78, 5) is 45.2. The largest absolute Gasteiger partial charge is 0.459 e. The molecule has 1 unspecified atom stereocenters. The fourth-order valence-electron chi connectivity index (χ4n) is 4.35. The number of unbranched alkanes of at least 4 members (excludes halogenated alkanes) is 1. The lowest BCUT2D eigenvalue weighted by molar-refractivity contribution is -0.184. The molecule has 2 aromatic carbocycles. The number of likely N-dealkylation sites (tertiary alicyclic amines) is 1. The van der Waals surface area contributed by atoms with Gasteiger partial charge in [0.2, 0.25) is 18.7 Å². The number of nitrogens with two attached hydrogens (primary N) is 3. The molecule has 0 aliphatic carbocycles. The Balaban J connectivity index is 0.00000244. The van der Waals surface area contributed by atoms with E-state index in [0.29, 0.717) is 45.6 Å². The van der Waals surface area contributed by atoms with Crippen LogP contribution < -0.4 is 17.2 Å². The van der Waals surface area contributed by atoms with Crippen LogP contribution in [0, 0.1) is 0 Å². The van der Waals surface area contributed by atoms with Crippen molar-refractivity contribution in [3.8, 4) is 0 Å². The zero-order valence-electron chi connectivity index (χ0n) is 25.6. The molecule has 2 aromatic rings. The lowest BCUT2D eigenvalue weighted by Gasteiger charge is -2.40. The number of ether oxygens (including phenoxy) is 3. The van der Waals surface area contributed by atoms with Gasteiger partial charge in [-0.05, 0) is 51.2 Å². The normalized spacial score (nSPS) is 14.2. The molecule has 246 valence electrons.